The largest absolute Gasteiger partial charge is 0.384 e. The SMILES string of the molecule is Nc1ccc(SCCC2CCNCC2)cn1. The number of pyridine rings is 1. The van der Waals surface area contributed by atoms with E-state index >= 15 is 0 Å². The summed E-state index contributed by atoms with van der Waals surface area (Å²) in [6.45, 7) is 2.39. The second kappa shape index (κ2) is 6.11. The van der Waals surface area contributed by atoms with Crippen LogP contribution in [0.3, 0.4) is 0 Å². The average molecular weight is 237 g/mol. The molecule has 0 aromatic carbocycles. The maximum absolute atomic E-state index is 5.54. The lowest BCUT2D eigenvalue weighted by Gasteiger charge is -2.22. The van der Waals surface area contributed by atoms with Crippen molar-refractivity contribution in [1.82, 2.24) is 10.3 Å². The quantitative estimate of drug-likeness (QED) is 0.788. The van der Waals surface area contributed by atoms with Crippen LogP contribution in [0.5, 0.6) is 0 Å². The van der Waals surface area contributed by atoms with Gasteiger partial charge in [-0.15, -0.1) is 11.8 Å². The highest BCUT2D eigenvalue weighted by Gasteiger charge is 2.12. The fraction of sp³-hybridized carbons (Fsp3) is 0.583. The number of piperidine rings is 1. The Labute approximate surface area is 101 Å². The minimum Gasteiger partial charge on any atom is -0.384 e. The first-order valence-electron chi connectivity index (χ1n) is 5.89. The third-order valence-corrected chi connectivity index (χ3v) is 4.03. The summed E-state index contributed by atoms with van der Waals surface area (Å²) in [5.74, 6) is 2.70. The smallest absolute Gasteiger partial charge is 0.123 e. The molecule has 0 radical (unpaired) electrons. The summed E-state index contributed by atoms with van der Waals surface area (Å²) in [6.07, 6.45) is 5.85. The molecule has 2 rings (SSSR count). The second-order valence-corrected chi connectivity index (χ2v) is 5.42. The molecule has 0 spiro atoms. The van der Waals surface area contributed by atoms with Gasteiger partial charge in [-0.3, -0.25) is 0 Å². The first-order valence-corrected chi connectivity index (χ1v) is 6.88. The number of nitrogens with zero attached hydrogens (tertiary/aromatic N) is 1. The predicted octanol–water partition coefficient (Wildman–Crippen LogP) is 2.15. The van der Waals surface area contributed by atoms with Crippen molar-refractivity contribution in [3.63, 3.8) is 0 Å². The molecule has 1 fully saturated rings. The van der Waals surface area contributed by atoms with Crippen LogP contribution in [-0.4, -0.2) is 23.8 Å². The summed E-state index contributed by atoms with van der Waals surface area (Å²) in [7, 11) is 0. The Morgan fingerprint density at radius 1 is 1.38 bits per heavy atom. The van der Waals surface area contributed by atoms with Gasteiger partial charge in [0.05, 0.1) is 0 Å². The van der Waals surface area contributed by atoms with E-state index in [1.807, 2.05) is 24.0 Å². The number of nitrogens with two attached hydrogens (primary N) is 1. The molecule has 4 heteroatoms. The molecule has 0 bridgehead atoms. The highest BCUT2D eigenvalue weighted by molar-refractivity contribution is 7.99. The Morgan fingerprint density at radius 2 is 2.19 bits per heavy atom. The van der Waals surface area contributed by atoms with Gasteiger partial charge in [0, 0.05) is 11.1 Å². The highest BCUT2D eigenvalue weighted by atomic mass is 32.2. The van der Waals surface area contributed by atoms with Crippen LogP contribution in [-0.2, 0) is 0 Å². The van der Waals surface area contributed by atoms with Gasteiger partial charge in [-0.05, 0) is 56.2 Å². The molecule has 3 nitrogen and oxygen atoms in total. The van der Waals surface area contributed by atoms with Gasteiger partial charge in [-0.25, -0.2) is 4.98 Å². The second-order valence-electron chi connectivity index (χ2n) is 4.25. The first-order chi connectivity index (χ1) is 7.84. The van der Waals surface area contributed by atoms with E-state index in [4.69, 9.17) is 5.73 Å². The topological polar surface area (TPSA) is 50.9 Å². The van der Waals surface area contributed by atoms with Crippen LogP contribution in [0.4, 0.5) is 5.82 Å². The standard InChI is InChI=1S/C12H19N3S/c13-12-2-1-11(9-15-12)16-8-5-10-3-6-14-7-4-10/h1-2,9-10,14H,3-8H2,(H2,13,15). The number of nitrogens with one attached hydrogen (secondary N) is 1. The molecule has 0 saturated carbocycles. The number of anilines is 1. The number of thioether (sulfide) groups is 1. The van der Waals surface area contributed by atoms with Gasteiger partial charge in [0.15, 0.2) is 0 Å². The Balaban J connectivity index is 1.69. The summed E-state index contributed by atoms with van der Waals surface area (Å²) in [4.78, 5) is 5.32. The molecule has 3 N–H and O–H groups in total. The summed E-state index contributed by atoms with van der Waals surface area (Å²) in [5.41, 5.74) is 5.54. The van der Waals surface area contributed by atoms with Gasteiger partial charge < -0.3 is 11.1 Å². The Morgan fingerprint density at radius 3 is 2.88 bits per heavy atom. The molecule has 0 atom stereocenters. The summed E-state index contributed by atoms with van der Waals surface area (Å²) in [5, 5.41) is 3.40. The van der Waals surface area contributed by atoms with Crippen LogP contribution in [0.1, 0.15) is 19.3 Å². The molecule has 1 aliphatic heterocycles. The van der Waals surface area contributed by atoms with E-state index in [0.717, 1.165) is 5.92 Å². The lowest BCUT2D eigenvalue weighted by Crippen LogP contribution is -2.27. The lowest BCUT2D eigenvalue weighted by atomic mass is 9.96. The molecule has 0 aliphatic carbocycles. The molecule has 16 heavy (non-hydrogen) atoms. The zero-order valence-corrected chi connectivity index (χ0v) is 10.3. The zero-order valence-electron chi connectivity index (χ0n) is 9.48. The Bertz CT molecular complexity index is 307. The maximum Gasteiger partial charge on any atom is 0.123 e. The Kier molecular flexibility index (Phi) is 4.48. The van der Waals surface area contributed by atoms with Crippen molar-refractivity contribution in [2.24, 2.45) is 5.92 Å². The Hall–Kier alpha value is -0.740. The van der Waals surface area contributed by atoms with Crippen LogP contribution < -0.4 is 11.1 Å². The fourth-order valence-corrected chi connectivity index (χ4v) is 2.97. The molecule has 0 amide bonds. The number of aromatic nitrogens is 1. The first kappa shape index (κ1) is 11.7. The van der Waals surface area contributed by atoms with E-state index in [1.165, 1.54) is 43.0 Å². The molecule has 2 heterocycles. The summed E-state index contributed by atoms with van der Waals surface area (Å²) >= 11 is 1.88. The monoisotopic (exact) mass is 237 g/mol. The van der Waals surface area contributed by atoms with Crippen molar-refractivity contribution in [2.75, 3.05) is 24.6 Å². The van der Waals surface area contributed by atoms with Gasteiger partial charge >= 0.3 is 0 Å². The van der Waals surface area contributed by atoms with Crippen molar-refractivity contribution >= 4 is 17.6 Å². The fourth-order valence-electron chi connectivity index (χ4n) is 1.99. The van der Waals surface area contributed by atoms with Crippen molar-refractivity contribution in [2.45, 2.75) is 24.2 Å². The minimum absolute atomic E-state index is 0.600. The molecular weight excluding hydrogens is 218 g/mol. The minimum atomic E-state index is 0.600. The van der Waals surface area contributed by atoms with Crippen molar-refractivity contribution in [3.05, 3.63) is 18.3 Å². The molecule has 1 aromatic rings. The molecule has 1 aliphatic rings. The molecule has 1 saturated heterocycles. The van der Waals surface area contributed by atoms with E-state index in [9.17, 15) is 0 Å². The van der Waals surface area contributed by atoms with Crippen molar-refractivity contribution in [3.8, 4) is 0 Å². The lowest BCUT2D eigenvalue weighted by molar-refractivity contribution is 0.367. The van der Waals surface area contributed by atoms with Gasteiger partial charge in [-0.1, -0.05) is 0 Å². The summed E-state index contributed by atoms with van der Waals surface area (Å²) in [6, 6.07) is 3.92. The van der Waals surface area contributed by atoms with Gasteiger partial charge in [0.1, 0.15) is 5.82 Å². The normalized spacial score (nSPS) is 17.5. The van der Waals surface area contributed by atoms with Crippen molar-refractivity contribution in [1.29, 1.82) is 0 Å². The highest BCUT2D eigenvalue weighted by Crippen LogP contribution is 2.23. The average Bonchev–Trinajstić information content (AvgIpc) is 2.33. The molecular formula is C12H19N3S. The van der Waals surface area contributed by atoms with Gasteiger partial charge in [0.25, 0.3) is 0 Å². The zero-order chi connectivity index (χ0) is 11.2. The summed E-state index contributed by atoms with van der Waals surface area (Å²) < 4.78 is 0. The van der Waals surface area contributed by atoms with Crippen molar-refractivity contribution < 1.29 is 0 Å². The maximum atomic E-state index is 5.54. The molecule has 1 aromatic heterocycles. The molecule has 0 unspecified atom stereocenters. The third-order valence-electron chi connectivity index (χ3n) is 3.01. The third kappa shape index (κ3) is 3.68. The number of hydrogen-bond acceptors (Lipinski definition) is 4. The number of hydrogen-bond donors (Lipinski definition) is 2. The van der Waals surface area contributed by atoms with Crippen LogP contribution in [0.25, 0.3) is 0 Å². The van der Waals surface area contributed by atoms with Crippen LogP contribution >= 0.6 is 11.8 Å². The van der Waals surface area contributed by atoms with E-state index in [2.05, 4.69) is 16.4 Å². The number of rotatable bonds is 4. The van der Waals surface area contributed by atoms with E-state index in [1.54, 1.807) is 0 Å². The predicted molar refractivity (Wildman–Crippen MR) is 69.6 cm³/mol. The van der Waals surface area contributed by atoms with Crippen LogP contribution in [0, 0.1) is 5.92 Å². The van der Waals surface area contributed by atoms with E-state index in [-0.39, 0.29) is 0 Å². The van der Waals surface area contributed by atoms with Crippen LogP contribution in [0.2, 0.25) is 0 Å². The van der Waals surface area contributed by atoms with Gasteiger partial charge in [-0.2, -0.15) is 0 Å². The van der Waals surface area contributed by atoms with E-state index in [0.29, 0.717) is 5.82 Å². The van der Waals surface area contributed by atoms with Gasteiger partial charge in [0.2, 0.25) is 0 Å². The van der Waals surface area contributed by atoms with E-state index < -0.39 is 0 Å². The van der Waals surface area contributed by atoms with Crippen LogP contribution in [0.15, 0.2) is 23.2 Å². The molecule has 88 valence electrons. The number of nitrogen functional groups attached to an aromatic ring is 1.